The fraction of sp³-hybridized carbons (Fsp3) is 0.235. The maximum absolute atomic E-state index is 11.4. The molecular formula is C17H16BrNO2. The Morgan fingerprint density at radius 2 is 2.00 bits per heavy atom. The summed E-state index contributed by atoms with van der Waals surface area (Å²) in [7, 11) is 0. The van der Waals surface area contributed by atoms with Gasteiger partial charge in [0, 0.05) is 23.2 Å². The zero-order valence-corrected chi connectivity index (χ0v) is 13.1. The lowest BCUT2D eigenvalue weighted by atomic mass is 9.96. The SMILES string of the molecule is O=C(O)c1cccc2c1CCCN2Cc1ccccc1Br. The smallest absolute Gasteiger partial charge is 0.336 e. The van der Waals surface area contributed by atoms with E-state index in [-0.39, 0.29) is 0 Å². The molecule has 1 aliphatic rings. The van der Waals surface area contributed by atoms with Gasteiger partial charge in [-0.1, -0.05) is 40.2 Å². The van der Waals surface area contributed by atoms with E-state index in [4.69, 9.17) is 0 Å². The van der Waals surface area contributed by atoms with Crippen molar-refractivity contribution < 1.29 is 9.90 Å². The number of aromatic carboxylic acids is 1. The number of hydrogen-bond donors (Lipinski definition) is 1. The number of nitrogens with zero attached hydrogens (tertiary/aromatic N) is 1. The zero-order chi connectivity index (χ0) is 14.8. The van der Waals surface area contributed by atoms with E-state index in [0.717, 1.165) is 41.7 Å². The Kier molecular flexibility index (Phi) is 3.97. The van der Waals surface area contributed by atoms with Crippen molar-refractivity contribution >= 4 is 27.6 Å². The van der Waals surface area contributed by atoms with Gasteiger partial charge in [0.15, 0.2) is 0 Å². The molecule has 1 heterocycles. The third-order valence-corrected chi connectivity index (χ3v) is 4.67. The number of halogens is 1. The van der Waals surface area contributed by atoms with Gasteiger partial charge in [0.05, 0.1) is 5.56 Å². The van der Waals surface area contributed by atoms with E-state index in [1.54, 1.807) is 6.07 Å². The standard InChI is InChI=1S/C17H16BrNO2/c18-15-8-2-1-5-12(15)11-19-10-4-7-13-14(17(20)21)6-3-9-16(13)19/h1-3,5-6,8-9H,4,7,10-11H2,(H,20,21). The molecule has 2 aromatic rings. The van der Waals surface area contributed by atoms with E-state index < -0.39 is 5.97 Å². The minimum atomic E-state index is -0.838. The molecule has 3 rings (SSSR count). The van der Waals surface area contributed by atoms with Crippen LogP contribution >= 0.6 is 15.9 Å². The van der Waals surface area contributed by atoms with Gasteiger partial charge in [-0.05, 0) is 42.2 Å². The van der Waals surface area contributed by atoms with E-state index in [1.807, 2.05) is 30.3 Å². The molecule has 3 nitrogen and oxygen atoms in total. The minimum absolute atomic E-state index is 0.435. The van der Waals surface area contributed by atoms with Crippen molar-refractivity contribution in [2.45, 2.75) is 19.4 Å². The number of hydrogen-bond acceptors (Lipinski definition) is 2. The zero-order valence-electron chi connectivity index (χ0n) is 11.6. The van der Waals surface area contributed by atoms with Crippen molar-refractivity contribution in [2.24, 2.45) is 0 Å². The summed E-state index contributed by atoms with van der Waals surface area (Å²) in [5.74, 6) is -0.838. The van der Waals surface area contributed by atoms with Crippen LogP contribution in [-0.4, -0.2) is 17.6 Å². The topological polar surface area (TPSA) is 40.5 Å². The van der Waals surface area contributed by atoms with Crippen molar-refractivity contribution in [1.29, 1.82) is 0 Å². The number of carboxylic acids is 1. The lowest BCUT2D eigenvalue weighted by Gasteiger charge is -2.32. The van der Waals surface area contributed by atoms with Crippen LogP contribution in [0.15, 0.2) is 46.9 Å². The van der Waals surface area contributed by atoms with Gasteiger partial charge < -0.3 is 10.0 Å². The highest BCUT2D eigenvalue weighted by Gasteiger charge is 2.22. The Labute approximate surface area is 132 Å². The van der Waals surface area contributed by atoms with Crippen LogP contribution in [0.1, 0.15) is 27.9 Å². The first-order valence-electron chi connectivity index (χ1n) is 7.00. The molecule has 0 radical (unpaired) electrons. The Bertz CT molecular complexity index is 684. The van der Waals surface area contributed by atoms with Crippen molar-refractivity contribution in [1.82, 2.24) is 0 Å². The highest BCUT2D eigenvalue weighted by molar-refractivity contribution is 9.10. The fourth-order valence-electron chi connectivity index (χ4n) is 2.90. The van der Waals surface area contributed by atoms with Crippen LogP contribution in [0.2, 0.25) is 0 Å². The average Bonchev–Trinajstić information content (AvgIpc) is 2.49. The molecule has 21 heavy (non-hydrogen) atoms. The largest absolute Gasteiger partial charge is 0.478 e. The molecule has 0 fully saturated rings. The van der Waals surface area contributed by atoms with Gasteiger partial charge in [-0.25, -0.2) is 4.79 Å². The Balaban J connectivity index is 1.96. The minimum Gasteiger partial charge on any atom is -0.478 e. The summed E-state index contributed by atoms with van der Waals surface area (Å²) in [5.41, 5.74) is 3.66. The van der Waals surface area contributed by atoms with E-state index in [9.17, 15) is 9.90 Å². The van der Waals surface area contributed by atoms with E-state index in [0.29, 0.717) is 5.56 Å². The summed E-state index contributed by atoms with van der Waals surface area (Å²) in [6, 6.07) is 13.7. The van der Waals surface area contributed by atoms with Gasteiger partial charge >= 0.3 is 5.97 Å². The van der Waals surface area contributed by atoms with Crippen LogP contribution < -0.4 is 4.90 Å². The summed E-state index contributed by atoms with van der Waals surface area (Å²) in [6.07, 6.45) is 1.83. The van der Waals surface area contributed by atoms with Gasteiger partial charge in [-0.3, -0.25) is 0 Å². The molecular weight excluding hydrogens is 330 g/mol. The van der Waals surface area contributed by atoms with Crippen molar-refractivity contribution in [3.63, 3.8) is 0 Å². The quantitative estimate of drug-likeness (QED) is 0.910. The first-order valence-corrected chi connectivity index (χ1v) is 7.79. The Morgan fingerprint density at radius 1 is 1.19 bits per heavy atom. The molecule has 0 aromatic heterocycles. The molecule has 0 saturated carbocycles. The van der Waals surface area contributed by atoms with E-state index in [1.165, 1.54) is 5.56 Å². The normalized spacial score (nSPS) is 13.9. The molecule has 4 heteroatoms. The average molecular weight is 346 g/mol. The third-order valence-electron chi connectivity index (χ3n) is 3.90. The molecule has 2 aromatic carbocycles. The van der Waals surface area contributed by atoms with Crippen LogP contribution in [0.3, 0.4) is 0 Å². The summed E-state index contributed by atoms with van der Waals surface area (Å²) >= 11 is 3.58. The number of anilines is 1. The molecule has 0 amide bonds. The second-order valence-electron chi connectivity index (χ2n) is 5.22. The summed E-state index contributed by atoms with van der Waals surface area (Å²) in [4.78, 5) is 13.6. The number of carboxylic acid groups (broad SMARTS) is 1. The summed E-state index contributed by atoms with van der Waals surface area (Å²) < 4.78 is 1.09. The number of fused-ring (bicyclic) bond motifs is 1. The number of carbonyl (C=O) groups is 1. The summed E-state index contributed by atoms with van der Waals surface area (Å²) in [5, 5.41) is 9.33. The predicted molar refractivity (Wildman–Crippen MR) is 86.9 cm³/mol. The van der Waals surface area contributed by atoms with Crippen LogP contribution in [0, 0.1) is 0 Å². The van der Waals surface area contributed by atoms with Crippen LogP contribution in [0.4, 0.5) is 5.69 Å². The number of benzene rings is 2. The second-order valence-corrected chi connectivity index (χ2v) is 6.08. The van der Waals surface area contributed by atoms with Crippen molar-refractivity contribution in [3.8, 4) is 0 Å². The maximum Gasteiger partial charge on any atom is 0.336 e. The highest BCUT2D eigenvalue weighted by atomic mass is 79.9. The fourth-order valence-corrected chi connectivity index (χ4v) is 3.31. The molecule has 0 unspecified atom stereocenters. The van der Waals surface area contributed by atoms with Gasteiger partial charge in [0.25, 0.3) is 0 Å². The van der Waals surface area contributed by atoms with Crippen molar-refractivity contribution in [2.75, 3.05) is 11.4 Å². The summed E-state index contributed by atoms with van der Waals surface area (Å²) in [6.45, 7) is 1.74. The van der Waals surface area contributed by atoms with Gasteiger partial charge in [-0.2, -0.15) is 0 Å². The Morgan fingerprint density at radius 3 is 2.76 bits per heavy atom. The maximum atomic E-state index is 11.4. The molecule has 1 N–H and O–H groups in total. The van der Waals surface area contributed by atoms with E-state index >= 15 is 0 Å². The van der Waals surface area contributed by atoms with Gasteiger partial charge in [-0.15, -0.1) is 0 Å². The van der Waals surface area contributed by atoms with Gasteiger partial charge in [0.2, 0.25) is 0 Å². The second kappa shape index (κ2) is 5.90. The van der Waals surface area contributed by atoms with Gasteiger partial charge in [0.1, 0.15) is 0 Å². The first kappa shape index (κ1) is 14.1. The highest BCUT2D eigenvalue weighted by Crippen LogP contribution is 2.32. The van der Waals surface area contributed by atoms with Crippen LogP contribution in [0.25, 0.3) is 0 Å². The molecule has 108 valence electrons. The first-order chi connectivity index (χ1) is 10.2. The van der Waals surface area contributed by atoms with Crippen LogP contribution in [0.5, 0.6) is 0 Å². The molecule has 0 spiro atoms. The third kappa shape index (κ3) is 2.81. The monoisotopic (exact) mass is 345 g/mol. The molecule has 0 bridgehead atoms. The molecule has 0 saturated heterocycles. The van der Waals surface area contributed by atoms with Crippen LogP contribution in [-0.2, 0) is 13.0 Å². The molecule has 0 atom stereocenters. The predicted octanol–water partition coefficient (Wildman–Crippen LogP) is 4.10. The lowest BCUT2D eigenvalue weighted by molar-refractivity contribution is 0.0695. The number of rotatable bonds is 3. The lowest BCUT2D eigenvalue weighted by Crippen LogP contribution is -2.30. The molecule has 1 aliphatic heterocycles. The van der Waals surface area contributed by atoms with Crippen molar-refractivity contribution in [3.05, 3.63) is 63.6 Å². The molecule has 0 aliphatic carbocycles. The van der Waals surface area contributed by atoms with E-state index in [2.05, 4.69) is 26.9 Å². The Hall–Kier alpha value is -1.81.